The van der Waals surface area contributed by atoms with Gasteiger partial charge in [0.1, 0.15) is 5.82 Å². The zero-order valence-electron chi connectivity index (χ0n) is 14.5. The summed E-state index contributed by atoms with van der Waals surface area (Å²) in [5.41, 5.74) is 0.361. The summed E-state index contributed by atoms with van der Waals surface area (Å²) in [4.78, 5) is 23.8. The summed E-state index contributed by atoms with van der Waals surface area (Å²) in [5, 5.41) is 2.48. The Morgan fingerprint density at radius 1 is 1.07 bits per heavy atom. The van der Waals surface area contributed by atoms with Gasteiger partial charge in [0.05, 0.1) is 11.3 Å². The fourth-order valence-electron chi connectivity index (χ4n) is 2.06. The predicted octanol–water partition coefficient (Wildman–Crippen LogP) is 2.06. The summed E-state index contributed by atoms with van der Waals surface area (Å²) in [6, 6.07) is 12.9. The smallest absolute Gasteiger partial charge is 0.307 e. The van der Waals surface area contributed by atoms with E-state index in [0.29, 0.717) is 5.69 Å². The SMILES string of the molecule is C[C@H](OC(=O)CCNS(=O)(=O)c1ccccc1)C(=O)Nc1ccc(F)cc1. The van der Waals surface area contributed by atoms with Crippen molar-refractivity contribution in [2.75, 3.05) is 11.9 Å². The maximum absolute atomic E-state index is 12.8. The van der Waals surface area contributed by atoms with E-state index in [1.807, 2.05) is 0 Å². The summed E-state index contributed by atoms with van der Waals surface area (Å²) < 4.78 is 44.1. The largest absolute Gasteiger partial charge is 0.452 e. The van der Waals surface area contributed by atoms with Crippen LogP contribution in [0.4, 0.5) is 10.1 Å². The van der Waals surface area contributed by atoms with Crippen LogP contribution in [0.2, 0.25) is 0 Å². The van der Waals surface area contributed by atoms with Gasteiger partial charge in [-0.1, -0.05) is 18.2 Å². The van der Waals surface area contributed by atoms with Crippen molar-refractivity contribution in [2.45, 2.75) is 24.3 Å². The molecule has 0 unspecified atom stereocenters. The van der Waals surface area contributed by atoms with Crippen molar-refractivity contribution in [1.82, 2.24) is 4.72 Å². The molecule has 2 N–H and O–H groups in total. The minimum atomic E-state index is -3.71. The van der Waals surface area contributed by atoms with Gasteiger partial charge in [0, 0.05) is 12.2 Å². The third-order valence-corrected chi connectivity index (χ3v) is 4.94. The number of benzene rings is 2. The Morgan fingerprint density at radius 2 is 1.70 bits per heavy atom. The molecule has 144 valence electrons. The van der Waals surface area contributed by atoms with Gasteiger partial charge in [-0.3, -0.25) is 9.59 Å². The van der Waals surface area contributed by atoms with Crippen molar-refractivity contribution < 1.29 is 27.1 Å². The Hall–Kier alpha value is -2.78. The van der Waals surface area contributed by atoms with Gasteiger partial charge in [-0.2, -0.15) is 0 Å². The third kappa shape index (κ3) is 6.46. The molecule has 2 aromatic carbocycles. The number of nitrogens with one attached hydrogen (secondary N) is 2. The van der Waals surface area contributed by atoms with Crippen molar-refractivity contribution in [2.24, 2.45) is 0 Å². The molecule has 0 aliphatic rings. The van der Waals surface area contributed by atoms with Gasteiger partial charge in [0.2, 0.25) is 10.0 Å². The van der Waals surface area contributed by atoms with Crippen LogP contribution in [0.5, 0.6) is 0 Å². The van der Waals surface area contributed by atoms with Crippen LogP contribution in [0.15, 0.2) is 59.5 Å². The average molecular weight is 394 g/mol. The molecule has 27 heavy (non-hydrogen) atoms. The van der Waals surface area contributed by atoms with E-state index in [-0.39, 0.29) is 17.9 Å². The van der Waals surface area contributed by atoms with Gasteiger partial charge in [-0.05, 0) is 43.3 Å². The number of amides is 1. The molecule has 0 saturated carbocycles. The van der Waals surface area contributed by atoms with E-state index in [1.165, 1.54) is 43.3 Å². The monoisotopic (exact) mass is 394 g/mol. The maximum atomic E-state index is 12.8. The van der Waals surface area contributed by atoms with Crippen LogP contribution in [-0.4, -0.2) is 32.9 Å². The topological polar surface area (TPSA) is 102 Å². The second kappa shape index (κ2) is 9.24. The lowest BCUT2D eigenvalue weighted by atomic mass is 10.3. The minimum absolute atomic E-state index is 0.0883. The number of anilines is 1. The van der Waals surface area contributed by atoms with Gasteiger partial charge in [0.25, 0.3) is 5.91 Å². The van der Waals surface area contributed by atoms with Gasteiger partial charge < -0.3 is 10.1 Å². The van der Waals surface area contributed by atoms with Gasteiger partial charge in [-0.15, -0.1) is 0 Å². The number of ether oxygens (including phenoxy) is 1. The number of sulfonamides is 1. The molecule has 1 atom stereocenters. The molecule has 0 fully saturated rings. The first-order chi connectivity index (χ1) is 12.8. The summed E-state index contributed by atoms with van der Waals surface area (Å²) >= 11 is 0. The van der Waals surface area contributed by atoms with Crippen LogP contribution in [0, 0.1) is 5.82 Å². The zero-order chi connectivity index (χ0) is 19.9. The Morgan fingerprint density at radius 3 is 2.33 bits per heavy atom. The minimum Gasteiger partial charge on any atom is -0.452 e. The molecule has 0 bridgehead atoms. The van der Waals surface area contributed by atoms with Crippen LogP contribution in [0.25, 0.3) is 0 Å². The summed E-state index contributed by atoms with van der Waals surface area (Å²) in [6.07, 6.45) is -1.33. The van der Waals surface area contributed by atoms with Crippen LogP contribution < -0.4 is 10.0 Å². The van der Waals surface area contributed by atoms with E-state index in [0.717, 1.165) is 0 Å². The third-order valence-electron chi connectivity index (χ3n) is 3.46. The number of halogens is 1. The lowest BCUT2D eigenvalue weighted by molar-refractivity contribution is -0.152. The second-order valence-electron chi connectivity index (χ2n) is 5.59. The molecule has 0 radical (unpaired) electrons. The molecule has 0 spiro atoms. The van der Waals surface area contributed by atoms with E-state index in [9.17, 15) is 22.4 Å². The number of carbonyl (C=O) groups excluding carboxylic acids is 2. The molecule has 2 rings (SSSR count). The molecule has 0 aromatic heterocycles. The van der Waals surface area contributed by atoms with E-state index in [1.54, 1.807) is 18.2 Å². The Bertz CT molecular complexity index is 886. The van der Waals surface area contributed by atoms with Crippen molar-refractivity contribution in [3.63, 3.8) is 0 Å². The van der Waals surface area contributed by atoms with Crippen molar-refractivity contribution >= 4 is 27.6 Å². The molecular formula is C18H19FN2O5S. The zero-order valence-corrected chi connectivity index (χ0v) is 15.3. The van der Waals surface area contributed by atoms with E-state index in [2.05, 4.69) is 10.0 Å². The van der Waals surface area contributed by atoms with Crippen molar-refractivity contribution in [3.05, 3.63) is 60.4 Å². The summed E-state index contributed by atoms with van der Waals surface area (Å²) in [5.74, 6) is -1.75. The number of hydrogen-bond donors (Lipinski definition) is 2. The fraction of sp³-hybridized carbons (Fsp3) is 0.222. The van der Waals surface area contributed by atoms with Crippen LogP contribution >= 0.6 is 0 Å². The molecule has 9 heteroatoms. The van der Waals surface area contributed by atoms with Crippen LogP contribution in [0.3, 0.4) is 0 Å². The number of esters is 1. The summed E-state index contributed by atoms with van der Waals surface area (Å²) in [7, 11) is -3.71. The van der Waals surface area contributed by atoms with E-state index in [4.69, 9.17) is 4.74 Å². The molecule has 0 saturated heterocycles. The van der Waals surface area contributed by atoms with E-state index >= 15 is 0 Å². The highest BCUT2D eigenvalue weighted by Gasteiger charge is 2.19. The Labute approximate surface area is 156 Å². The normalized spacial score (nSPS) is 12.2. The van der Waals surface area contributed by atoms with Crippen molar-refractivity contribution in [1.29, 1.82) is 0 Å². The molecule has 2 aromatic rings. The number of carbonyl (C=O) groups is 2. The first-order valence-corrected chi connectivity index (χ1v) is 9.57. The Balaban J connectivity index is 1.77. The first-order valence-electron chi connectivity index (χ1n) is 8.08. The maximum Gasteiger partial charge on any atom is 0.307 e. The average Bonchev–Trinajstić information content (AvgIpc) is 2.64. The molecule has 0 heterocycles. The lowest BCUT2D eigenvalue weighted by Crippen LogP contribution is -2.32. The quantitative estimate of drug-likeness (QED) is 0.668. The number of rotatable bonds is 8. The second-order valence-corrected chi connectivity index (χ2v) is 7.36. The number of hydrogen-bond acceptors (Lipinski definition) is 5. The van der Waals surface area contributed by atoms with Crippen LogP contribution in [-0.2, 0) is 24.3 Å². The highest BCUT2D eigenvalue weighted by atomic mass is 32.2. The van der Waals surface area contributed by atoms with Crippen LogP contribution in [0.1, 0.15) is 13.3 Å². The first kappa shape index (κ1) is 20.5. The molecule has 1 amide bonds. The lowest BCUT2D eigenvalue weighted by Gasteiger charge is -2.14. The predicted molar refractivity (Wildman–Crippen MR) is 96.8 cm³/mol. The summed E-state index contributed by atoms with van der Waals surface area (Å²) in [6.45, 7) is 1.22. The molecule has 7 nitrogen and oxygen atoms in total. The highest BCUT2D eigenvalue weighted by molar-refractivity contribution is 7.89. The highest BCUT2D eigenvalue weighted by Crippen LogP contribution is 2.10. The van der Waals surface area contributed by atoms with Crippen molar-refractivity contribution in [3.8, 4) is 0 Å². The van der Waals surface area contributed by atoms with Gasteiger partial charge >= 0.3 is 5.97 Å². The fourth-order valence-corrected chi connectivity index (χ4v) is 3.11. The standard InChI is InChI=1S/C18H19FN2O5S/c1-13(18(23)21-15-9-7-14(19)8-10-15)26-17(22)11-12-20-27(24,25)16-5-3-2-4-6-16/h2-10,13,20H,11-12H2,1H3,(H,21,23)/t13-/m0/s1. The van der Waals surface area contributed by atoms with E-state index < -0.39 is 33.8 Å². The Kier molecular flexibility index (Phi) is 7.03. The molecule has 0 aliphatic carbocycles. The molecule has 0 aliphatic heterocycles. The molecular weight excluding hydrogens is 375 g/mol. The van der Waals surface area contributed by atoms with Gasteiger partial charge in [-0.25, -0.2) is 17.5 Å². The van der Waals surface area contributed by atoms with Gasteiger partial charge in [0.15, 0.2) is 6.10 Å².